The Labute approximate surface area is 275 Å². The van der Waals surface area contributed by atoms with Crippen LogP contribution in [0.3, 0.4) is 0 Å². The minimum atomic E-state index is -0.726. The largest absolute Gasteiger partial charge is 0.444 e. The number of fused-ring (bicyclic) bond motifs is 2. The third kappa shape index (κ3) is 10.7. The maximum Gasteiger partial charge on any atom is 0.408 e. The quantitative estimate of drug-likeness (QED) is 0.251. The number of carbonyl (C=O) groups excluding carboxylic acids is 4. The van der Waals surface area contributed by atoms with Crippen LogP contribution < -0.4 is 31.5 Å². The number of para-hydroxylation sites is 4. The molecular formula is C35H44N6O6. The molecular weight excluding hydrogens is 600 g/mol. The van der Waals surface area contributed by atoms with Crippen molar-refractivity contribution < 1.29 is 28.7 Å². The number of hydrogen-bond donors (Lipinski definition) is 5. The summed E-state index contributed by atoms with van der Waals surface area (Å²) in [7, 11) is 0. The highest BCUT2D eigenvalue weighted by molar-refractivity contribution is 6.01. The summed E-state index contributed by atoms with van der Waals surface area (Å²) in [6, 6.07) is 23.6. The van der Waals surface area contributed by atoms with Gasteiger partial charge in [-0.2, -0.15) is 0 Å². The number of hydrogen-bond acceptors (Lipinski definition) is 8. The van der Waals surface area contributed by atoms with Crippen LogP contribution in [0.5, 0.6) is 0 Å². The van der Waals surface area contributed by atoms with E-state index in [2.05, 4.69) is 31.5 Å². The van der Waals surface area contributed by atoms with Crippen molar-refractivity contribution in [2.24, 2.45) is 0 Å². The number of alkyl carbamates (subject to hydrolysis) is 2. The summed E-state index contributed by atoms with van der Waals surface area (Å²) < 4.78 is 10.5. The van der Waals surface area contributed by atoms with Gasteiger partial charge >= 0.3 is 12.2 Å². The Bertz CT molecular complexity index is 1570. The monoisotopic (exact) mass is 644 g/mol. The average Bonchev–Trinajstić information content (AvgIpc) is 3.21. The van der Waals surface area contributed by atoms with Crippen molar-refractivity contribution in [1.82, 2.24) is 10.6 Å². The highest BCUT2D eigenvalue weighted by atomic mass is 16.6. The second-order valence-electron chi connectivity index (χ2n) is 13.2. The van der Waals surface area contributed by atoms with Crippen molar-refractivity contribution in [3.8, 4) is 0 Å². The minimum absolute atomic E-state index is 0.260. The van der Waals surface area contributed by atoms with E-state index in [1.807, 2.05) is 72.8 Å². The summed E-state index contributed by atoms with van der Waals surface area (Å²) >= 11 is 0. The summed E-state index contributed by atoms with van der Waals surface area (Å²) in [5, 5.41) is 14.1. The van der Waals surface area contributed by atoms with Gasteiger partial charge in [0, 0.05) is 19.6 Å². The number of nitrogens with zero attached hydrogens (tertiary/aromatic N) is 1. The maximum absolute atomic E-state index is 12.7. The zero-order chi connectivity index (χ0) is 34.2. The highest BCUT2D eigenvalue weighted by Crippen LogP contribution is 2.30. The van der Waals surface area contributed by atoms with Gasteiger partial charge in [-0.25, -0.2) is 9.59 Å². The summed E-state index contributed by atoms with van der Waals surface area (Å²) in [6.07, 6.45) is -1.21. The Kier molecular flexibility index (Phi) is 11.0. The molecule has 250 valence electrons. The van der Waals surface area contributed by atoms with E-state index in [1.54, 1.807) is 47.6 Å². The van der Waals surface area contributed by atoms with Crippen molar-refractivity contribution in [2.75, 3.05) is 33.9 Å². The molecule has 3 aromatic carbocycles. The first-order valence-corrected chi connectivity index (χ1v) is 15.5. The number of benzene rings is 3. The molecule has 47 heavy (non-hydrogen) atoms. The number of amides is 4. The molecule has 0 bridgehead atoms. The Hall–Kier alpha value is -5.26. The van der Waals surface area contributed by atoms with Gasteiger partial charge in [0.15, 0.2) is 0 Å². The Balaban J connectivity index is 0.000000223. The van der Waals surface area contributed by atoms with Gasteiger partial charge in [-0.15, -0.1) is 0 Å². The molecule has 0 saturated carbocycles. The first-order chi connectivity index (χ1) is 22.2. The number of ether oxygens (including phenoxy) is 2. The molecule has 5 N–H and O–H groups in total. The lowest BCUT2D eigenvalue weighted by molar-refractivity contribution is -0.118. The van der Waals surface area contributed by atoms with Crippen LogP contribution in [-0.4, -0.2) is 60.4 Å². The summed E-state index contributed by atoms with van der Waals surface area (Å²) in [5.74, 6) is -0.530. The molecule has 2 heterocycles. The normalized spacial score (nSPS) is 17.4. The van der Waals surface area contributed by atoms with Gasteiger partial charge in [0.1, 0.15) is 23.3 Å². The molecule has 3 aromatic rings. The van der Waals surface area contributed by atoms with E-state index < -0.39 is 35.5 Å². The van der Waals surface area contributed by atoms with Crippen molar-refractivity contribution in [3.63, 3.8) is 0 Å². The molecule has 0 fully saturated rings. The van der Waals surface area contributed by atoms with Gasteiger partial charge in [0.25, 0.3) is 0 Å². The summed E-state index contributed by atoms with van der Waals surface area (Å²) in [6.45, 7) is 12.0. The van der Waals surface area contributed by atoms with E-state index in [0.717, 1.165) is 22.6 Å². The molecule has 0 aliphatic carbocycles. The molecule has 0 saturated heterocycles. The number of rotatable bonds is 4. The third-order valence-corrected chi connectivity index (χ3v) is 6.82. The zero-order valence-electron chi connectivity index (χ0n) is 27.7. The van der Waals surface area contributed by atoms with Crippen LogP contribution in [0, 0.1) is 0 Å². The molecule has 5 rings (SSSR count). The fourth-order valence-electron chi connectivity index (χ4n) is 4.83. The van der Waals surface area contributed by atoms with Crippen molar-refractivity contribution in [2.45, 2.75) is 71.4 Å². The first kappa shape index (κ1) is 34.6. The lowest BCUT2D eigenvalue weighted by Gasteiger charge is -2.27. The van der Waals surface area contributed by atoms with Crippen LogP contribution >= 0.6 is 0 Å². The van der Waals surface area contributed by atoms with E-state index in [1.165, 1.54) is 0 Å². The predicted molar refractivity (Wildman–Crippen MR) is 182 cm³/mol. The lowest BCUT2D eigenvalue weighted by Crippen LogP contribution is -2.50. The second-order valence-corrected chi connectivity index (χ2v) is 13.2. The SMILES string of the molecule is CC(C)(C)OC(=O)N[C@H]1CN(Cc2ccccc2)c2ccccc2NC1=O.CC(C)(C)OC(=O)N[C@H]1CNc2ccccc2NC1=O. The Morgan fingerprint density at radius 3 is 1.81 bits per heavy atom. The topological polar surface area (TPSA) is 150 Å². The molecule has 2 aliphatic rings. The van der Waals surface area contributed by atoms with Gasteiger partial charge in [-0.3, -0.25) is 9.59 Å². The minimum Gasteiger partial charge on any atom is -0.444 e. The molecule has 2 aliphatic heterocycles. The smallest absolute Gasteiger partial charge is 0.408 e. The number of carbonyl (C=O) groups is 4. The second kappa shape index (κ2) is 14.9. The standard InChI is InChI=1S/C21H25N3O3.C14H19N3O3/c1-21(2,3)27-20(26)23-17-14-24(13-15-9-5-4-6-10-15)18-12-8-7-11-16(18)22-19(17)25;1-14(2,3)20-13(19)17-11-8-15-9-6-4-5-7-10(9)16-12(11)18/h4-12,17H,13-14H2,1-3H3,(H,22,25)(H,23,26);4-7,11,15H,8H2,1-3H3,(H,16,18)(H,17,19)/t17-;11-/m00/s1. The fraction of sp³-hybridized carbons (Fsp3) is 0.371. The lowest BCUT2D eigenvalue weighted by atomic mass is 10.1. The van der Waals surface area contributed by atoms with Gasteiger partial charge in [-0.1, -0.05) is 54.6 Å². The van der Waals surface area contributed by atoms with Crippen molar-refractivity contribution >= 4 is 46.8 Å². The van der Waals surface area contributed by atoms with Crippen molar-refractivity contribution in [3.05, 3.63) is 84.4 Å². The Morgan fingerprint density at radius 1 is 0.702 bits per heavy atom. The molecule has 0 unspecified atom stereocenters. The summed E-state index contributed by atoms with van der Waals surface area (Å²) in [4.78, 5) is 50.7. The van der Waals surface area contributed by atoms with E-state index in [9.17, 15) is 19.2 Å². The molecule has 12 heteroatoms. The summed E-state index contributed by atoms with van der Waals surface area (Å²) in [5.41, 5.74) is 3.08. The van der Waals surface area contributed by atoms with Crippen LogP contribution in [0.1, 0.15) is 47.1 Å². The molecule has 4 amide bonds. The van der Waals surface area contributed by atoms with Crippen LogP contribution in [0.15, 0.2) is 78.9 Å². The van der Waals surface area contributed by atoms with Gasteiger partial charge in [0.2, 0.25) is 11.8 Å². The van der Waals surface area contributed by atoms with E-state index in [4.69, 9.17) is 9.47 Å². The number of nitrogens with one attached hydrogen (secondary N) is 5. The molecule has 0 spiro atoms. The van der Waals surface area contributed by atoms with E-state index >= 15 is 0 Å². The fourth-order valence-corrected chi connectivity index (χ4v) is 4.83. The van der Waals surface area contributed by atoms with Crippen molar-refractivity contribution in [1.29, 1.82) is 0 Å². The maximum atomic E-state index is 12.7. The highest BCUT2D eigenvalue weighted by Gasteiger charge is 2.31. The van der Waals surface area contributed by atoms with Gasteiger partial charge in [-0.05, 0) is 71.4 Å². The number of anilines is 4. The Morgan fingerprint density at radius 2 is 1.19 bits per heavy atom. The molecule has 0 aromatic heterocycles. The van der Waals surface area contributed by atoms with Gasteiger partial charge < -0.3 is 41.0 Å². The zero-order valence-corrected chi connectivity index (χ0v) is 27.7. The molecule has 0 radical (unpaired) electrons. The van der Waals surface area contributed by atoms with Crippen LogP contribution in [0.25, 0.3) is 0 Å². The van der Waals surface area contributed by atoms with Crippen LogP contribution in [0.2, 0.25) is 0 Å². The average molecular weight is 645 g/mol. The molecule has 2 atom stereocenters. The predicted octanol–water partition coefficient (Wildman–Crippen LogP) is 5.48. The van der Waals surface area contributed by atoms with Gasteiger partial charge in [0.05, 0.1) is 22.7 Å². The third-order valence-electron chi connectivity index (χ3n) is 6.82. The van der Waals surface area contributed by atoms with E-state index in [-0.39, 0.29) is 11.8 Å². The van der Waals surface area contributed by atoms with E-state index in [0.29, 0.717) is 25.3 Å². The molecule has 12 nitrogen and oxygen atoms in total. The first-order valence-electron chi connectivity index (χ1n) is 15.5. The van der Waals surface area contributed by atoms with Crippen LogP contribution in [0.4, 0.5) is 32.3 Å². The van der Waals surface area contributed by atoms with Crippen LogP contribution in [-0.2, 0) is 25.6 Å².